The maximum Gasteiger partial charge on any atom is 0.307 e. The van der Waals surface area contributed by atoms with Gasteiger partial charge in [0.05, 0.1) is 22.2 Å². The van der Waals surface area contributed by atoms with Crippen LogP contribution in [-0.2, 0) is 11.2 Å². The standard InChI is InChI=1S/C8H7Cl2NO2/c9-7-4(3-6(12)13)1-2-5(11)8(7)10/h1-2H,3,11H2,(H,12,13). The minimum absolute atomic E-state index is 0.154. The molecular formula is C8H7Cl2NO2. The molecular weight excluding hydrogens is 213 g/mol. The number of carboxylic acids is 1. The molecule has 0 aliphatic heterocycles. The molecule has 1 rings (SSSR count). The highest BCUT2D eigenvalue weighted by Crippen LogP contribution is 2.31. The normalized spacial score (nSPS) is 10.0. The summed E-state index contributed by atoms with van der Waals surface area (Å²) in [5.41, 5.74) is 6.27. The Bertz CT molecular complexity index is 352. The van der Waals surface area contributed by atoms with Gasteiger partial charge in [-0.2, -0.15) is 0 Å². The Labute approximate surface area is 85.1 Å². The van der Waals surface area contributed by atoms with Crippen molar-refractivity contribution >= 4 is 34.9 Å². The summed E-state index contributed by atoms with van der Waals surface area (Å²) in [6.45, 7) is 0. The maximum absolute atomic E-state index is 10.4. The molecule has 1 aromatic rings. The topological polar surface area (TPSA) is 63.3 Å². The molecule has 3 nitrogen and oxygen atoms in total. The zero-order chi connectivity index (χ0) is 10.0. The number of nitrogens with two attached hydrogens (primary N) is 1. The summed E-state index contributed by atoms with van der Waals surface area (Å²) >= 11 is 11.5. The van der Waals surface area contributed by atoms with Crippen LogP contribution in [0.1, 0.15) is 5.56 Å². The minimum atomic E-state index is -0.956. The van der Waals surface area contributed by atoms with Gasteiger partial charge in [-0.05, 0) is 11.6 Å². The molecule has 0 atom stereocenters. The average Bonchev–Trinajstić information content (AvgIpc) is 2.06. The quantitative estimate of drug-likeness (QED) is 0.751. The van der Waals surface area contributed by atoms with E-state index in [1.54, 1.807) is 6.07 Å². The Morgan fingerprint density at radius 2 is 2.00 bits per heavy atom. The van der Waals surface area contributed by atoms with E-state index in [0.29, 0.717) is 11.3 Å². The van der Waals surface area contributed by atoms with Crippen molar-refractivity contribution < 1.29 is 9.90 Å². The lowest BCUT2D eigenvalue weighted by atomic mass is 10.1. The van der Waals surface area contributed by atoms with Crippen LogP contribution in [0, 0.1) is 0 Å². The zero-order valence-electron chi connectivity index (χ0n) is 6.55. The number of hydrogen-bond donors (Lipinski definition) is 2. The number of hydrogen-bond acceptors (Lipinski definition) is 2. The lowest BCUT2D eigenvalue weighted by Gasteiger charge is -2.05. The van der Waals surface area contributed by atoms with E-state index in [-0.39, 0.29) is 16.5 Å². The summed E-state index contributed by atoms with van der Waals surface area (Å²) in [6.07, 6.45) is -0.154. The molecule has 0 saturated heterocycles. The molecule has 70 valence electrons. The number of aliphatic carboxylic acids is 1. The number of carbonyl (C=O) groups is 1. The first kappa shape index (κ1) is 10.2. The van der Waals surface area contributed by atoms with Gasteiger partial charge in [0.1, 0.15) is 0 Å². The van der Waals surface area contributed by atoms with Crippen molar-refractivity contribution in [1.82, 2.24) is 0 Å². The van der Waals surface area contributed by atoms with E-state index in [1.807, 2.05) is 0 Å². The smallest absolute Gasteiger partial charge is 0.307 e. The Morgan fingerprint density at radius 3 is 2.54 bits per heavy atom. The first-order chi connectivity index (χ1) is 6.02. The lowest BCUT2D eigenvalue weighted by Crippen LogP contribution is -2.01. The average molecular weight is 220 g/mol. The highest BCUT2D eigenvalue weighted by Gasteiger charge is 2.10. The molecule has 13 heavy (non-hydrogen) atoms. The van der Waals surface area contributed by atoms with E-state index >= 15 is 0 Å². The molecule has 0 aromatic heterocycles. The lowest BCUT2D eigenvalue weighted by molar-refractivity contribution is -0.136. The van der Waals surface area contributed by atoms with Crippen LogP contribution in [0.2, 0.25) is 10.0 Å². The van der Waals surface area contributed by atoms with Gasteiger partial charge in [0.15, 0.2) is 0 Å². The van der Waals surface area contributed by atoms with Crippen molar-refractivity contribution in [2.75, 3.05) is 5.73 Å². The van der Waals surface area contributed by atoms with Crippen molar-refractivity contribution in [2.24, 2.45) is 0 Å². The summed E-state index contributed by atoms with van der Waals surface area (Å²) in [5, 5.41) is 8.94. The van der Waals surface area contributed by atoms with Crippen LogP contribution < -0.4 is 5.73 Å². The molecule has 0 fully saturated rings. The predicted octanol–water partition coefficient (Wildman–Crippen LogP) is 2.20. The van der Waals surface area contributed by atoms with Crippen molar-refractivity contribution in [3.05, 3.63) is 27.7 Å². The van der Waals surface area contributed by atoms with Gasteiger partial charge < -0.3 is 10.8 Å². The highest BCUT2D eigenvalue weighted by atomic mass is 35.5. The molecule has 0 saturated carbocycles. The number of rotatable bonds is 2. The second kappa shape index (κ2) is 3.85. The SMILES string of the molecule is Nc1ccc(CC(=O)O)c(Cl)c1Cl. The van der Waals surface area contributed by atoms with Gasteiger partial charge in [0.2, 0.25) is 0 Å². The first-order valence-corrected chi connectivity index (χ1v) is 4.22. The molecule has 0 heterocycles. The number of halogens is 2. The van der Waals surface area contributed by atoms with Gasteiger partial charge in [-0.25, -0.2) is 0 Å². The van der Waals surface area contributed by atoms with Crippen molar-refractivity contribution in [3.63, 3.8) is 0 Å². The monoisotopic (exact) mass is 219 g/mol. The van der Waals surface area contributed by atoms with Crippen LogP contribution in [0.5, 0.6) is 0 Å². The summed E-state index contributed by atoms with van der Waals surface area (Å²) in [6, 6.07) is 3.09. The first-order valence-electron chi connectivity index (χ1n) is 3.46. The number of carboxylic acid groups (broad SMARTS) is 1. The Hall–Kier alpha value is -0.930. The highest BCUT2D eigenvalue weighted by molar-refractivity contribution is 6.44. The Balaban J connectivity index is 3.10. The van der Waals surface area contributed by atoms with Gasteiger partial charge in [0, 0.05) is 0 Å². The van der Waals surface area contributed by atoms with Gasteiger partial charge in [-0.1, -0.05) is 29.3 Å². The molecule has 5 heteroatoms. The molecule has 3 N–H and O–H groups in total. The van der Waals surface area contributed by atoms with Crippen LogP contribution in [-0.4, -0.2) is 11.1 Å². The molecule has 0 aliphatic carbocycles. The fourth-order valence-electron chi connectivity index (χ4n) is 0.904. The maximum atomic E-state index is 10.4. The summed E-state index contributed by atoms with van der Waals surface area (Å²) in [4.78, 5) is 10.4. The molecule has 1 aromatic carbocycles. The van der Waals surface area contributed by atoms with E-state index in [9.17, 15) is 4.79 Å². The number of nitrogen functional groups attached to an aromatic ring is 1. The van der Waals surface area contributed by atoms with E-state index in [4.69, 9.17) is 34.0 Å². The Morgan fingerprint density at radius 1 is 1.38 bits per heavy atom. The third kappa shape index (κ3) is 2.26. The fourth-order valence-corrected chi connectivity index (χ4v) is 1.33. The third-order valence-corrected chi connectivity index (χ3v) is 2.47. The van der Waals surface area contributed by atoms with E-state index in [2.05, 4.69) is 0 Å². The van der Waals surface area contributed by atoms with Crippen LogP contribution >= 0.6 is 23.2 Å². The summed E-state index contributed by atoms with van der Waals surface area (Å²) in [7, 11) is 0. The Kier molecular flexibility index (Phi) is 3.01. The molecule has 0 unspecified atom stereocenters. The minimum Gasteiger partial charge on any atom is -0.481 e. The zero-order valence-corrected chi connectivity index (χ0v) is 8.06. The van der Waals surface area contributed by atoms with Crippen molar-refractivity contribution in [1.29, 1.82) is 0 Å². The van der Waals surface area contributed by atoms with Gasteiger partial charge in [-0.15, -0.1) is 0 Å². The largest absolute Gasteiger partial charge is 0.481 e. The number of anilines is 1. The summed E-state index contributed by atoms with van der Waals surface area (Å²) < 4.78 is 0. The van der Waals surface area contributed by atoms with Gasteiger partial charge >= 0.3 is 5.97 Å². The summed E-state index contributed by atoms with van der Waals surface area (Å²) in [5.74, 6) is -0.956. The van der Waals surface area contributed by atoms with E-state index in [1.165, 1.54) is 6.07 Å². The molecule has 0 spiro atoms. The van der Waals surface area contributed by atoms with E-state index < -0.39 is 5.97 Å². The fraction of sp³-hybridized carbons (Fsp3) is 0.125. The van der Waals surface area contributed by atoms with E-state index in [0.717, 1.165) is 0 Å². The number of benzene rings is 1. The van der Waals surface area contributed by atoms with Crippen LogP contribution in [0.25, 0.3) is 0 Å². The molecule has 0 amide bonds. The third-order valence-electron chi connectivity index (χ3n) is 1.53. The molecule has 0 bridgehead atoms. The molecule has 0 aliphatic rings. The second-order valence-electron chi connectivity index (χ2n) is 2.51. The van der Waals surface area contributed by atoms with Crippen molar-refractivity contribution in [3.8, 4) is 0 Å². The van der Waals surface area contributed by atoms with Crippen LogP contribution in [0.15, 0.2) is 12.1 Å². The van der Waals surface area contributed by atoms with Crippen molar-refractivity contribution in [2.45, 2.75) is 6.42 Å². The van der Waals surface area contributed by atoms with Crippen LogP contribution in [0.3, 0.4) is 0 Å². The second-order valence-corrected chi connectivity index (χ2v) is 3.27. The van der Waals surface area contributed by atoms with Gasteiger partial charge in [0.25, 0.3) is 0 Å². The van der Waals surface area contributed by atoms with Gasteiger partial charge in [-0.3, -0.25) is 4.79 Å². The van der Waals surface area contributed by atoms with Crippen LogP contribution in [0.4, 0.5) is 5.69 Å². The predicted molar refractivity (Wildman–Crippen MR) is 52.2 cm³/mol. The molecule has 0 radical (unpaired) electrons.